The second-order valence-corrected chi connectivity index (χ2v) is 6.27. The van der Waals surface area contributed by atoms with E-state index in [2.05, 4.69) is 4.72 Å². The predicted molar refractivity (Wildman–Crippen MR) is 78.6 cm³/mol. The van der Waals surface area contributed by atoms with Gasteiger partial charge in [0.1, 0.15) is 6.29 Å². The van der Waals surface area contributed by atoms with Crippen LogP contribution in [0.25, 0.3) is 0 Å². The molecule has 2 aromatic carbocycles. The number of aryl methyl sites for hydroxylation is 2. The minimum absolute atomic E-state index is 0.244. The van der Waals surface area contributed by atoms with E-state index in [0.717, 1.165) is 5.56 Å². The molecule has 0 unspecified atom stereocenters. The Bertz CT molecular complexity index is 751. The normalized spacial score (nSPS) is 11.1. The highest BCUT2D eigenvalue weighted by Crippen LogP contribution is 2.20. The first kappa shape index (κ1) is 14.3. The highest BCUT2D eigenvalue weighted by atomic mass is 32.2. The number of sulfonamides is 1. The van der Waals surface area contributed by atoms with Gasteiger partial charge in [-0.25, -0.2) is 8.42 Å². The second kappa shape index (κ2) is 5.46. The van der Waals surface area contributed by atoms with Crippen molar-refractivity contribution in [1.82, 2.24) is 0 Å². The summed E-state index contributed by atoms with van der Waals surface area (Å²) in [4.78, 5) is 11.0. The van der Waals surface area contributed by atoms with E-state index in [1.165, 1.54) is 6.07 Å². The van der Waals surface area contributed by atoms with Gasteiger partial charge in [0.05, 0.1) is 4.90 Å². The number of carbonyl (C=O) groups is 1. The van der Waals surface area contributed by atoms with E-state index in [1.54, 1.807) is 37.3 Å². The zero-order valence-electron chi connectivity index (χ0n) is 11.3. The number of carbonyl (C=O) groups excluding carboxylic acids is 1. The molecule has 0 aromatic heterocycles. The fourth-order valence-corrected chi connectivity index (χ4v) is 3.26. The Balaban J connectivity index is 2.40. The van der Waals surface area contributed by atoms with Gasteiger partial charge in [0.2, 0.25) is 0 Å². The maximum absolute atomic E-state index is 12.4. The molecule has 2 rings (SSSR count). The molecule has 4 nitrogen and oxygen atoms in total. The average molecular weight is 289 g/mol. The van der Waals surface area contributed by atoms with Crippen molar-refractivity contribution in [3.8, 4) is 0 Å². The second-order valence-electron chi connectivity index (χ2n) is 4.62. The Morgan fingerprint density at radius 1 is 1.05 bits per heavy atom. The molecule has 20 heavy (non-hydrogen) atoms. The quantitative estimate of drug-likeness (QED) is 0.880. The highest BCUT2D eigenvalue weighted by molar-refractivity contribution is 7.92. The standard InChI is InChI=1S/C15H15NO3S/c1-11-6-7-12(2)15(8-11)20(18,19)16-14-5-3-4-13(9-14)10-17/h3-10,16H,1-2H3. The van der Waals surface area contributed by atoms with E-state index in [9.17, 15) is 13.2 Å². The lowest BCUT2D eigenvalue weighted by Crippen LogP contribution is -2.14. The van der Waals surface area contributed by atoms with Gasteiger partial charge in [-0.3, -0.25) is 9.52 Å². The number of benzene rings is 2. The van der Waals surface area contributed by atoms with Crippen LogP contribution in [0.5, 0.6) is 0 Å². The molecule has 5 heteroatoms. The van der Waals surface area contributed by atoms with Crippen molar-refractivity contribution >= 4 is 22.0 Å². The molecule has 104 valence electrons. The lowest BCUT2D eigenvalue weighted by Gasteiger charge is -2.11. The fourth-order valence-electron chi connectivity index (χ4n) is 1.88. The molecule has 1 N–H and O–H groups in total. The average Bonchev–Trinajstić information content (AvgIpc) is 2.41. The monoisotopic (exact) mass is 289 g/mol. The van der Waals surface area contributed by atoms with Crippen LogP contribution in [0.4, 0.5) is 5.69 Å². The topological polar surface area (TPSA) is 63.2 Å². The van der Waals surface area contributed by atoms with Crippen LogP contribution in [-0.4, -0.2) is 14.7 Å². The van der Waals surface area contributed by atoms with E-state index in [4.69, 9.17) is 0 Å². The van der Waals surface area contributed by atoms with Crippen molar-refractivity contribution in [2.45, 2.75) is 18.7 Å². The molecule has 0 spiro atoms. The van der Waals surface area contributed by atoms with Crippen LogP contribution in [0.3, 0.4) is 0 Å². The zero-order valence-corrected chi connectivity index (χ0v) is 12.1. The minimum atomic E-state index is -3.66. The molecule has 0 aliphatic heterocycles. The van der Waals surface area contributed by atoms with Crippen molar-refractivity contribution < 1.29 is 13.2 Å². The molecule has 0 aliphatic carbocycles. The Kier molecular flexibility index (Phi) is 3.90. The van der Waals surface area contributed by atoms with Crippen LogP contribution in [0.1, 0.15) is 21.5 Å². The Labute approximate surface area is 118 Å². The first-order chi connectivity index (χ1) is 9.42. The molecular formula is C15H15NO3S. The maximum atomic E-state index is 12.4. The summed E-state index contributed by atoms with van der Waals surface area (Å²) < 4.78 is 27.2. The summed E-state index contributed by atoms with van der Waals surface area (Å²) in [7, 11) is -3.66. The molecule has 0 amide bonds. The van der Waals surface area contributed by atoms with Crippen LogP contribution in [0.2, 0.25) is 0 Å². The number of hydrogen-bond acceptors (Lipinski definition) is 3. The zero-order chi connectivity index (χ0) is 14.8. The molecule has 0 bridgehead atoms. The number of aldehydes is 1. The first-order valence-corrected chi connectivity index (χ1v) is 7.56. The summed E-state index contributed by atoms with van der Waals surface area (Å²) >= 11 is 0. The Morgan fingerprint density at radius 3 is 2.50 bits per heavy atom. The third-order valence-corrected chi connectivity index (χ3v) is 4.43. The molecule has 0 radical (unpaired) electrons. The van der Waals surface area contributed by atoms with Crippen molar-refractivity contribution in [1.29, 1.82) is 0 Å². The Hall–Kier alpha value is -2.14. The van der Waals surface area contributed by atoms with Gasteiger partial charge in [-0.05, 0) is 43.2 Å². The molecular weight excluding hydrogens is 274 g/mol. The van der Waals surface area contributed by atoms with Crippen molar-refractivity contribution in [2.75, 3.05) is 4.72 Å². The van der Waals surface area contributed by atoms with E-state index in [-0.39, 0.29) is 4.90 Å². The number of nitrogens with one attached hydrogen (secondary N) is 1. The van der Waals surface area contributed by atoms with Crippen LogP contribution in [0.15, 0.2) is 47.4 Å². The molecule has 0 aliphatic rings. The van der Waals surface area contributed by atoms with Gasteiger partial charge < -0.3 is 0 Å². The third kappa shape index (κ3) is 3.05. The molecule has 2 aromatic rings. The predicted octanol–water partition coefficient (Wildman–Crippen LogP) is 2.92. The van der Waals surface area contributed by atoms with Crippen molar-refractivity contribution in [3.05, 3.63) is 59.2 Å². The Morgan fingerprint density at radius 2 is 1.80 bits per heavy atom. The third-order valence-electron chi connectivity index (χ3n) is 2.91. The fraction of sp³-hybridized carbons (Fsp3) is 0.133. The van der Waals surface area contributed by atoms with Gasteiger partial charge >= 0.3 is 0 Å². The summed E-state index contributed by atoms with van der Waals surface area (Å²) in [5, 5.41) is 0. The molecule has 0 saturated carbocycles. The van der Waals surface area contributed by atoms with E-state index < -0.39 is 10.0 Å². The van der Waals surface area contributed by atoms with Gasteiger partial charge in [-0.1, -0.05) is 24.3 Å². The van der Waals surface area contributed by atoms with Crippen LogP contribution < -0.4 is 4.72 Å². The highest BCUT2D eigenvalue weighted by Gasteiger charge is 2.17. The molecule has 0 heterocycles. The summed E-state index contributed by atoms with van der Waals surface area (Å²) in [5.41, 5.74) is 2.34. The SMILES string of the molecule is Cc1ccc(C)c(S(=O)(=O)Nc2cccc(C=O)c2)c1. The van der Waals surface area contributed by atoms with Crippen LogP contribution in [0, 0.1) is 13.8 Å². The maximum Gasteiger partial charge on any atom is 0.262 e. The van der Waals surface area contributed by atoms with Gasteiger partial charge in [0.25, 0.3) is 10.0 Å². The van der Waals surface area contributed by atoms with Gasteiger partial charge in [0.15, 0.2) is 0 Å². The van der Waals surface area contributed by atoms with E-state index in [1.807, 2.05) is 13.0 Å². The minimum Gasteiger partial charge on any atom is -0.298 e. The lowest BCUT2D eigenvalue weighted by atomic mass is 10.2. The smallest absolute Gasteiger partial charge is 0.262 e. The van der Waals surface area contributed by atoms with Crippen LogP contribution in [-0.2, 0) is 10.0 Å². The number of anilines is 1. The van der Waals surface area contributed by atoms with E-state index in [0.29, 0.717) is 23.1 Å². The molecule has 0 saturated heterocycles. The summed E-state index contributed by atoms with van der Waals surface area (Å²) in [6, 6.07) is 11.6. The van der Waals surface area contributed by atoms with Gasteiger partial charge in [-0.15, -0.1) is 0 Å². The van der Waals surface area contributed by atoms with Crippen molar-refractivity contribution in [3.63, 3.8) is 0 Å². The van der Waals surface area contributed by atoms with Crippen molar-refractivity contribution in [2.24, 2.45) is 0 Å². The largest absolute Gasteiger partial charge is 0.298 e. The van der Waals surface area contributed by atoms with Gasteiger partial charge in [-0.2, -0.15) is 0 Å². The van der Waals surface area contributed by atoms with Gasteiger partial charge in [0, 0.05) is 11.3 Å². The number of rotatable bonds is 4. The molecule has 0 fully saturated rings. The summed E-state index contributed by atoms with van der Waals surface area (Å²) in [6.45, 7) is 3.58. The summed E-state index contributed by atoms with van der Waals surface area (Å²) in [6.07, 6.45) is 0.676. The number of hydrogen-bond donors (Lipinski definition) is 1. The molecule has 0 atom stereocenters. The van der Waals surface area contributed by atoms with E-state index >= 15 is 0 Å². The summed E-state index contributed by atoms with van der Waals surface area (Å²) in [5.74, 6) is 0. The lowest BCUT2D eigenvalue weighted by molar-refractivity contribution is 0.112. The first-order valence-electron chi connectivity index (χ1n) is 6.08. The van der Waals surface area contributed by atoms with Crippen LogP contribution >= 0.6 is 0 Å².